The van der Waals surface area contributed by atoms with Gasteiger partial charge in [-0.05, 0) is 109 Å². The lowest BCUT2D eigenvalue weighted by Crippen LogP contribution is -2.29. The lowest BCUT2D eigenvalue weighted by Gasteiger charge is -2.31. The highest BCUT2D eigenvalue weighted by atomic mass is 15.4. The topological polar surface area (TPSA) is 44.6 Å². The van der Waals surface area contributed by atoms with E-state index < -0.39 is 0 Å². The molecule has 1 fully saturated rings. The molecule has 0 radical (unpaired) electrons. The summed E-state index contributed by atoms with van der Waals surface area (Å²) in [6.45, 7) is 12.9. The molecule has 0 aliphatic carbocycles. The average molecular weight is 506 g/mol. The lowest BCUT2D eigenvalue weighted by molar-refractivity contribution is 0.323. The Balaban J connectivity index is 1.75. The first-order valence-corrected chi connectivity index (χ1v) is 14.8. The van der Waals surface area contributed by atoms with Crippen molar-refractivity contribution in [2.24, 2.45) is 5.10 Å². The molecule has 2 heterocycles. The number of hydrogen-bond acceptors (Lipinski definition) is 4. The van der Waals surface area contributed by atoms with E-state index in [0.29, 0.717) is 6.04 Å². The number of nitrogens with zero attached hydrogens (tertiary/aromatic N) is 3. The standard InChI is InChI=1S/C32H51N5/c1-5-35-23-12-7-10-17-28-18-15-19-29(26-28)30-21-22-32(37(30)34-4)31(36-24-13-8-14-25-36)20-11-6-9-16-27(2)33-3/h15,18-22,26-27,33,35H,4-14,16-17,23-25H2,1-3H3/b31-20+. The van der Waals surface area contributed by atoms with Crippen LogP contribution in [-0.4, -0.2) is 55.6 Å². The Morgan fingerprint density at radius 3 is 2.65 bits per heavy atom. The van der Waals surface area contributed by atoms with Gasteiger partial charge in [0.2, 0.25) is 0 Å². The third kappa shape index (κ3) is 9.15. The van der Waals surface area contributed by atoms with Gasteiger partial charge in [0, 0.05) is 31.4 Å². The summed E-state index contributed by atoms with van der Waals surface area (Å²) in [5.74, 6) is 0. The van der Waals surface area contributed by atoms with Crippen LogP contribution in [0.1, 0.15) is 89.3 Å². The highest BCUT2D eigenvalue weighted by molar-refractivity contribution is 5.70. The number of nitrogens with one attached hydrogen (secondary N) is 2. The lowest BCUT2D eigenvalue weighted by atomic mass is 10.0. The molecule has 1 aromatic carbocycles. The molecule has 1 atom stereocenters. The molecule has 0 amide bonds. The number of aryl methyl sites for hydroxylation is 1. The molecular formula is C32H51N5. The van der Waals surface area contributed by atoms with Gasteiger partial charge in [-0.2, -0.15) is 5.10 Å². The van der Waals surface area contributed by atoms with E-state index >= 15 is 0 Å². The van der Waals surface area contributed by atoms with E-state index in [0.717, 1.165) is 44.7 Å². The number of benzene rings is 1. The van der Waals surface area contributed by atoms with Crippen molar-refractivity contribution in [1.29, 1.82) is 0 Å². The molecule has 5 heteroatoms. The molecule has 1 saturated heterocycles. The van der Waals surface area contributed by atoms with E-state index in [4.69, 9.17) is 0 Å². The Morgan fingerprint density at radius 1 is 1.05 bits per heavy atom. The van der Waals surface area contributed by atoms with Gasteiger partial charge in [0.15, 0.2) is 0 Å². The molecular weight excluding hydrogens is 454 g/mol. The van der Waals surface area contributed by atoms with E-state index in [1.165, 1.54) is 80.3 Å². The van der Waals surface area contributed by atoms with Crippen LogP contribution in [0.4, 0.5) is 0 Å². The maximum atomic E-state index is 4.52. The highest BCUT2D eigenvalue weighted by Crippen LogP contribution is 2.31. The maximum absolute atomic E-state index is 4.52. The zero-order valence-corrected chi connectivity index (χ0v) is 23.8. The summed E-state index contributed by atoms with van der Waals surface area (Å²) in [5.41, 5.74) is 6.26. The molecule has 204 valence electrons. The third-order valence-electron chi connectivity index (χ3n) is 7.67. The normalized spacial score (nSPS) is 15.2. The second-order valence-electron chi connectivity index (χ2n) is 10.5. The molecule has 3 rings (SSSR count). The van der Waals surface area contributed by atoms with E-state index in [1.807, 2.05) is 0 Å². The van der Waals surface area contributed by atoms with Gasteiger partial charge in [-0.15, -0.1) is 0 Å². The fraction of sp³-hybridized carbons (Fsp3) is 0.594. The largest absolute Gasteiger partial charge is 0.370 e. The van der Waals surface area contributed by atoms with Crippen molar-refractivity contribution in [3.8, 4) is 11.3 Å². The van der Waals surface area contributed by atoms with Gasteiger partial charge >= 0.3 is 0 Å². The Kier molecular flexibility index (Phi) is 13.0. The fourth-order valence-electron chi connectivity index (χ4n) is 5.32. The highest BCUT2D eigenvalue weighted by Gasteiger charge is 2.20. The number of rotatable bonds is 17. The first-order chi connectivity index (χ1) is 18.2. The third-order valence-corrected chi connectivity index (χ3v) is 7.67. The van der Waals surface area contributed by atoms with Gasteiger partial charge in [0.25, 0.3) is 0 Å². The summed E-state index contributed by atoms with van der Waals surface area (Å²) in [6.07, 6.45) is 16.0. The summed E-state index contributed by atoms with van der Waals surface area (Å²) in [5, 5.41) is 11.3. The van der Waals surface area contributed by atoms with E-state index in [1.54, 1.807) is 0 Å². The predicted molar refractivity (Wildman–Crippen MR) is 161 cm³/mol. The summed E-state index contributed by atoms with van der Waals surface area (Å²) in [6, 6.07) is 14.1. The minimum absolute atomic E-state index is 0.587. The Morgan fingerprint density at radius 2 is 1.89 bits per heavy atom. The van der Waals surface area contributed by atoms with Crippen LogP contribution in [0.3, 0.4) is 0 Å². The quantitative estimate of drug-likeness (QED) is 0.181. The monoisotopic (exact) mass is 505 g/mol. The molecule has 37 heavy (non-hydrogen) atoms. The van der Waals surface area contributed by atoms with Crippen molar-refractivity contribution in [3.05, 3.63) is 53.7 Å². The van der Waals surface area contributed by atoms with Crippen LogP contribution in [0.5, 0.6) is 0 Å². The van der Waals surface area contributed by atoms with Crippen molar-refractivity contribution >= 4 is 12.4 Å². The maximum Gasteiger partial charge on any atom is 0.0883 e. The van der Waals surface area contributed by atoms with Crippen LogP contribution in [0.2, 0.25) is 0 Å². The molecule has 1 aromatic heterocycles. The Bertz CT molecular complexity index is 954. The van der Waals surface area contributed by atoms with Gasteiger partial charge in [0.05, 0.1) is 17.1 Å². The summed E-state index contributed by atoms with van der Waals surface area (Å²) in [7, 11) is 2.05. The minimum Gasteiger partial charge on any atom is -0.370 e. The second-order valence-corrected chi connectivity index (χ2v) is 10.5. The fourth-order valence-corrected chi connectivity index (χ4v) is 5.32. The molecule has 0 bridgehead atoms. The predicted octanol–water partition coefficient (Wildman–Crippen LogP) is 6.94. The van der Waals surface area contributed by atoms with Gasteiger partial charge in [-0.1, -0.05) is 44.0 Å². The smallest absolute Gasteiger partial charge is 0.0883 e. The van der Waals surface area contributed by atoms with E-state index in [-0.39, 0.29) is 0 Å². The zero-order valence-electron chi connectivity index (χ0n) is 23.8. The molecule has 1 unspecified atom stereocenters. The number of unbranched alkanes of at least 4 members (excludes halogenated alkanes) is 4. The van der Waals surface area contributed by atoms with Crippen molar-refractivity contribution in [2.45, 2.75) is 90.5 Å². The molecule has 1 aliphatic heterocycles. The van der Waals surface area contributed by atoms with Crippen LogP contribution in [0.25, 0.3) is 17.0 Å². The summed E-state index contributed by atoms with van der Waals surface area (Å²) < 4.78 is 2.07. The van der Waals surface area contributed by atoms with Crippen LogP contribution >= 0.6 is 0 Å². The molecule has 0 saturated carbocycles. The van der Waals surface area contributed by atoms with Gasteiger partial charge < -0.3 is 15.5 Å². The van der Waals surface area contributed by atoms with Crippen LogP contribution < -0.4 is 10.6 Å². The van der Waals surface area contributed by atoms with E-state index in [2.05, 4.69) is 95.4 Å². The molecule has 1 aliphatic rings. The van der Waals surface area contributed by atoms with Crippen LogP contribution in [0, 0.1) is 0 Å². The summed E-state index contributed by atoms with van der Waals surface area (Å²) >= 11 is 0. The first kappa shape index (κ1) is 29.2. The van der Waals surface area contributed by atoms with Gasteiger partial charge in [-0.25, -0.2) is 4.68 Å². The van der Waals surface area contributed by atoms with Crippen LogP contribution in [-0.2, 0) is 6.42 Å². The number of allylic oxidation sites excluding steroid dienone is 1. The van der Waals surface area contributed by atoms with Crippen molar-refractivity contribution in [2.75, 3.05) is 33.2 Å². The average Bonchev–Trinajstić information content (AvgIpc) is 3.37. The number of likely N-dealkylation sites (tertiary alicyclic amines) is 1. The van der Waals surface area contributed by atoms with Crippen molar-refractivity contribution in [3.63, 3.8) is 0 Å². The number of aromatic nitrogens is 1. The molecule has 2 N–H and O–H groups in total. The van der Waals surface area contributed by atoms with Crippen molar-refractivity contribution < 1.29 is 0 Å². The van der Waals surface area contributed by atoms with Crippen molar-refractivity contribution in [1.82, 2.24) is 20.2 Å². The van der Waals surface area contributed by atoms with Gasteiger partial charge in [-0.3, -0.25) is 0 Å². The van der Waals surface area contributed by atoms with Gasteiger partial charge in [0.1, 0.15) is 0 Å². The number of piperidine rings is 1. The van der Waals surface area contributed by atoms with E-state index in [9.17, 15) is 0 Å². The molecule has 2 aromatic rings. The molecule has 5 nitrogen and oxygen atoms in total. The SMILES string of the molecule is C=Nn1c(/C(=C\CCCCC(C)NC)N2CCCCC2)ccc1-c1cccc(CCCCCNCC)c1. The molecule has 0 spiro atoms. The zero-order chi connectivity index (χ0) is 26.3. The summed E-state index contributed by atoms with van der Waals surface area (Å²) in [4.78, 5) is 2.57. The Labute approximate surface area is 226 Å². The van der Waals surface area contributed by atoms with Crippen LogP contribution in [0.15, 0.2) is 47.6 Å². The number of hydrogen-bond donors (Lipinski definition) is 2. The first-order valence-electron chi connectivity index (χ1n) is 14.8. The Hall–Kier alpha value is -2.37. The second kappa shape index (κ2) is 16.5. The minimum atomic E-state index is 0.587.